The molecule has 1 N–H and O–H groups in total. The molecule has 2 aromatic carbocycles. The molecule has 10 heteroatoms. The Hall–Kier alpha value is -3.14. The highest BCUT2D eigenvalue weighted by atomic mass is 32.2. The average Bonchev–Trinajstić information content (AvgIpc) is 3.24. The van der Waals surface area contributed by atoms with Crippen LogP contribution in [0.15, 0.2) is 36.4 Å². The fourth-order valence-corrected chi connectivity index (χ4v) is 4.28. The molecule has 0 saturated heterocycles. The first-order valence-corrected chi connectivity index (χ1v) is 11.3. The van der Waals surface area contributed by atoms with Gasteiger partial charge < -0.3 is 24.3 Å². The monoisotopic (exact) mass is 450 g/mol. The zero-order chi connectivity index (χ0) is 22.6. The molecule has 1 aliphatic rings. The fourth-order valence-electron chi connectivity index (χ4n) is 3.22. The third-order valence-electron chi connectivity index (χ3n) is 4.91. The molecule has 0 radical (unpaired) electrons. The van der Waals surface area contributed by atoms with Crippen LogP contribution in [0.25, 0.3) is 0 Å². The molecule has 0 aliphatic carbocycles. The summed E-state index contributed by atoms with van der Waals surface area (Å²) in [5.74, 6) is 1.54. The first-order valence-electron chi connectivity index (χ1n) is 9.70. The van der Waals surface area contributed by atoms with Crippen LogP contribution in [0.1, 0.15) is 25.5 Å². The van der Waals surface area contributed by atoms with Crippen molar-refractivity contribution in [3.8, 4) is 23.0 Å². The Morgan fingerprint density at radius 1 is 1.13 bits per heavy atom. The third-order valence-corrected chi connectivity index (χ3v) is 6.65. The highest BCUT2D eigenvalue weighted by Crippen LogP contribution is 2.36. The van der Waals surface area contributed by atoms with Crippen molar-refractivity contribution in [2.45, 2.75) is 19.9 Å². The van der Waals surface area contributed by atoms with Gasteiger partial charge in [-0.15, -0.1) is 0 Å². The van der Waals surface area contributed by atoms with E-state index in [1.165, 1.54) is 14.0 Å². The number of rotatable bonds is 9. The maximum Gasteiger partial charge on any atom is 0.241 e. The van der Waals surface area contributed by atoms with Crippen LogP contribution in [-0.4, -0.2) is 47.6 Å². The number of sulfonamides is 1. The van der Waals surface area contributed by atoms with Gasteiger partial charge in [-0.1, -0.05) is 0 Å². The van der Waals surface area contributed by atoms with E-state index in [1.807, 2.05) is 0 Å². The quantitative estimate of drug-likeness (QED) is 0.626. The average molecular weight is 451 g/mol. The minimum Gasteiger partial charge on any atom is -0.497 e. The second-order valence-corrected chi connectivity index (χ2v) is 9.02. The number of nitrogens with zero attached hydrogens (tertiary/aromatic N) is 1. The van der Waals surface area contributed by atoms with E-state index >= 15 is 0 Å². The van der Waals surface area contributed by atoms with Crippen LogP contribution in [0.2, 0.25) is 0 Å². The topological polar surface area (TPSA) is 103 Å². The number of carbonyl (C=O) groups excluding carboxylic acids is 1. The van der Waals surface area contributed by atoms with Crippen LogP contribution in [0.5, 0.6) is 23.0 Å². The van der Waals surface area contributed by atoms with Crippen LogP contribution in [0, 0.1) is 0 Å². The van der Waals surface area contributed by atoms with Crippen LogP contribution in [0.3, 0.4) is 0 Å². The Kier molecular flexibility index (Phi) is 6.79. The number of methoxy groups -OCH3 is 2. The number of anilines is 1. The van der Waals surface area contributed by atoms with Crippen molar-refractivity contribution in [3.63, 3.8) is 0 Å². The standard InChI is InChI=1S/C21H26N2O7S/c1-5-31(25,26)23(15-6-8-19-20(10-15)30-13-29-19)12-21(24)22-14(2)17-11-16(27-3)7-9-18(17)28-4/h6-11,14H,5,12-13H2,1-4H3,(H,22,24)/t14-/m1/s1. The maximum absolute atomic E-state index is 12.8. The van der Waals surface area contributed by atoms with E-state index in [0.29, 0.717) is 34.2 Å². The molecule has 31 heavy (non-hydrogen) atoms. The van der Waals surface area contributed by atoms with E-state index in [1.54, 1.807) is 50.4 Å². The summed E-state index contributed by atoms with van der Waals surface area (Å²) in [6.07, 6.45) is 0. The van der Waals surface area contributed by atoms with Gasteiger partial charge in [0.05, 0.1) is 31.7 Å². The third kappa shape index (κ3) is 4.96. The maximum atomic E-state index is 12.8. The van der Waals surface area contributed by atoms with Crippen LogP contribution < -0.4 is 28.6 Å². The van der Waals surface area contributed by atoms with E-state index in [4.69, 9.17) is 18.9 Å². The zero-order valence-corrected chi connectivity index (χ0v) is 18.7. The minimum absolute atomic E-state index is 0.0691. The lowest BCUT2D eigenvalue weighted by atomic mass is 10.1. The van der Waals surface area contributed by atoms with Crippen molar-refractivity contribution >= 4 is 21.6 Å². The van der Waals surface area contributed by atoms with E-state index in [9.17, 15) is 13.2 Å². The number of carbonyl (C=O) groups is 1. The molecule has 1 heterocycles. The summed E-state index contributed by atoms with van der Waals surface area (Å²) in [6, 6.07) is 9.59. The molecule has 0 fully saturated rings. The predicted octanol–water partition coefficient (Wildman–Crippen LogP) is 2.47. The molecular formula is C21H26N2O7S. The first-order chi connectivity index (χ1) is 14.8. The van der Waals surface area contributed by atoms with Gasteiger partial charge in [-0.05, 0) is 44.2 Å². The van der Waals surface area contributed by atoms with Crippen LogP contribution >= 0.6 is 0 Å². The highest BCUT2D eigenvalue weighted by molar-refractivity contribution is 7.92. The summed E-state index contributed by atoms with van der Waals surface area (Å²) in [5, 5.41) is 2.83. The summed E-state index contributed by atoms with van der Waals surface area (Å²) >= 11 is 0. The van der Waals surface area contributed by atoms with Gasteiger partial charge in [-0.25, -0.2) is 8.42 Å². The molecule has 0 bridgehead atoms. The lowest BCUT2D eigenvalue weighted by Crippen LogP contribution is -2.42. The molecule has 9 nitrogen and oxygen atoms in total. The molecule has 0 unspecified atom stereocenters. The number of ether oxygens (including phenoxy) is 4. The molecular weight excluding hydrogens is 424 g/mol. The van der Waals surface area contributed by atoms with Crippen molar-refractivity contribution in [2.75, 3.05) is 37.6 Å². The number of nitrogens with one attached hydrogen (secondary N) is 1. The van der Waals surface area contributed by atoms with Gasteiger partial charge in [-0.3, -0.25) is 9.10 Å². The molecule has 0 spiro atoms. The number of hydrogen-bond acceptors (Lipinski definition) is 7. The Labute approximate surface area is 181 Å². The summed E-state index contributed by atoms with van der Waals surface area (Å²) < 4.78 is 47.7. The highest BCUT2D eigenvalue weighted by Gasteiger charge is 2.26. The Bertz CT molecular complexity index is 1060. The lowest BCUT2D eigenvalue weighted by molar-refractivity contribution is -0.120. The van der Waals surface area contributed by atoms with Gasteiger partial charge in [0.2, 0.25) is 22.7 Å². The summed E-state index contributed by atoms with van der Waals surface area (Å²) in [7, 11) is -0.632. The van der Waals surface area contributed by atoms with Crippen molar-refractivity contribution in [3.05, 3.63) is 42.0 Å². The van der Waals surface area contributed by atoms with E-state index < -0.39 is 22.0 Å². The molecule has 3 rings (SSSR count). The molecule has 1 aliphatic heterocycles. The van der Waals surface area contributed by atoms with Crippen LogP contribution in [-0.2, 0) is 14.8 Å². The van der Waals surface area contributed by atoms with Gasteiger partial charge in [0, 0.05) is 11.6 Å². The lowest BCUT2D eigenvalue weighted by Gasteiger charge is -2.25. The molecule has 0 saturated carbocycles. The number of hydrogen-bond donors (Lipinski definition) is 1. The Morgan fingerprint density at radius 2 is 1.87 bits per heavy atom. The molecule has 1 amide bonds. The van der Waals surface area contributed by atoms with Crippen molar-refractivity contribution in [2.24, 2.45) is 0 Å². The fraction of sp³-hybridized carbons (Fsp3) is 0.381. The number of fused-ring (bicyclic) bond motifs is 1. The molecule has 0 aromatic heterocycles. The predicted molar refractivity (Wildman–Crippen MR) is 115 cm³/mol. The summed E-state index contributed by atoms with van der Waals surface area (Å²) in [6.45, 7) is 3.00. The SMILES string of the molecule is CCS(=O)(=O)N(CC(=O)N[C@H](C)c1cc(OC)ccc1OC)c1ccc2c(c1)OCO2. The van der Waals surface area contributed by atoms with E-state index in [0.717, 1.165) is 4.31 Å². The second-order valence-electron chi connectivity index (χ2n) is 6.84. The second kappa shape index (κ2) is 9.34. The largest absolute Gasteiger partial charge is 0.497 e. The van der Waals surface area contributed by atoms with Crippen molar-refractivity contribution < 1.29 is 32.2 Å². The molecule has 168 valence electrons. The minimum atomic E-state index is -3.72. The van der Waals surface area contributed by atoms with Gasteiger partial charge in [0.1, 0.15) is 18.0 Å². The van der Waals surface area contributed by atoms with Crippen molar-refractivity contribution in [1.82, 2.24) is 5.32 Å². The molecule has 2 aromatic rings. The normalized spacial score (nSPS) is 13.4. The van der Waals surface area contributed by atoms with Gasteiger partial charge in [-0.2, -0.15) is 0 Å². The van der Waals surface area contributed by atoms with Crippen molar-refractivity contribution in [1.29, 1.82) is 0 Å². The summed E-state index contributed by atoms with van der Waals surface area (Å²) in [5.41, 5.74) is 1.04. The van der Waals surface area contributed by atoms with Gasteiger partial charge in [0.15, 0.2) is 11.5 Å². The number of benzene rings is 2. The van der Waals surface area contributed by atoms with E-state index in [2.05, 4.69) is 5.32 Å². The summed E-state index contributed by atoms with van der Waals surface area (Å²) in [4.78, 5) is 12.8. The van der Waals surface area contributed by atoms with Crippen LogP contribution in [0.4, 0.5) is 5.69 Å². The molecule has 1 atom stereocenters. The Balaban J connectivity index is 1.81. The van der Waals surface area contributed by atoms with E-state index in [-0.39, 0.29) is 19.1 Å². The zero-order valence-electron chi connectivity index (χ0n) is 17.9. The smallest absolute Gasteiger partial charge is 0.241 e. The Morgan fingerprint density at radius 3 is 2.55 bits per heavy atom. The van der Waals surface area contributed by atoms with Gasteiger partial charge >= 0.3 is 0 Å². The first kappa shape index (κ1) is 22.5. The van der Waals surface area contributed by atoms with Gasteiger partial charge in [0.25, 0.3) is 0 Å². The number of amides is 1.